The number of rotatable bonds is 3. The van der Waals surface area contributed by atoms with Crippen molar-refractivity contribution < 1.29 is 8.78 Å². The Morgan fingerprint density at radius 1 is 1.56 bits per heavy atom. The summed E-state index contributed by atoms with van der Waals surface area (Å²) in [5.41, 5.74) is 5.69. The summed E-state index contributed by atoms with van der Waals surface area (Å²) >= 11 is 0. The van der Waals surface area contributed by atoms with E-state index in [0.717, 1.165) is 0 Å². The van der Waals surface area contributed by atoms with Crippen LogP contribution in [0.1, 0.15) is 43.1 Å². The normalized spacial score (nSPS) is 22.9. The fourth-order valence-corrected chi connectivity index (χ4v) is 2.40. The van der Waals surface area contributed by atoms with Gasteiger partial charge in [0, 0.05) is 36.9 Å². The van der Waals surface area contributed by atoms with Gasteiger partial charge in [-0.3, -0.25) is 4.79 Å². The number of aromatic amines is 1. The van der Waals surface area contributed by atoms with E-state index in [1.54, 1.807) is 0 Å². The third-order valence-electron chi connectivity index (χ3n) is 3.24. The molecule has 18 heavy (non-hydrogen) atoms. The van der Waals surface area contributed by atoms with Crippen LogP contribution in [-0.2, 0) is 6.42 Å². The molecule has 6 heteroatoms. The second-order valence-electron chi connectivity index (χ2n) is 4.81. The van der Waals surface area contributed by atoms with E-state index in [9.17, 15) is 13.6 Å². The zero-order valence-corrected chi connectivity index (χ0v) is 10.1. The molecule has 1 aliphatic rings. The molecule has 1 aromatic heterocycles. The lowest BCUT2D eigenvalue weighted by Gasteiger charge is -2.28. The summed E-state index contributed by atoms with van der Waals surface area (Å²) < 4.78 is 26.7. The molecule has 0 aromatic carbocycles. The number of hydrogen-bond donors (Lipinski definition) is 2. The Bertz CT molecular complexity index is 473. The summed E-state index contributed by atoms with van der Waals surface area (Å²) in [6, 6.07) is 1.37. The van der Waals surface area contributed by atoms with Gasteiger partial charge in [-0.05, 0) is 19.4 Å². The monoisotopic (exact) mass is 257 g/mol. The SMILES string of the molecule is NCCc1cc(=O)[nH]c(C2CCCC(F)(F)C2)n1. The molecule has 3 N–H and O–H groups in total. The van der Waals surface area contributed by atoms with E-state index in [1.165, 1.54) is 6.07 Å². The van der Waals surface area contributed by atoms with Crippen molar-refractivity contribution in [3.05, 3.63) is 27.9 Å². The van der Waals surface area contributed by atoms with Gasteiger partial charge in [0.15, 0.2) is 0 Å². The van der Waals surface area contributed by atoms with E-state index in [4.69, 9.17) is 5.73 Å². The van der Waals surface area contributed by atoms with Crippen LogP contribution in [0.15, 0.2) is 10.9 Å². The number of alkyl halides is 2. The van der Waals surface area contributed by atoms with E-state index >= 15 is 0 Å². The molecule has 0 spiro atoms. The van der Waals surface area contributed by atoms with Crippen LogP contribution in [0.4, 0.5) is 8.78 Å². The summed E-state index contributed by atoms with van der Waals surface area (Å²) in [5.74, 6) is -2.63. The van der Waals surface area contributed by atoms with Crippen molar-refractivity contribution in [3.63, 3.8) is 0 Å². The summed E-state index contributed by atoms with van der Waals surface area (Å²) in [5, 5.41) is 0. The number of nitrogens with one attached hydrogen (secondary N) is 1. The van der Waals surface area contributed by atoms with Crippen LogP contribution in [0.2, 0.25) is 0 Å². The first kappa shape index (κ1) is 13.1. The molecule has 1 aliphatic carbocycles. The van der Waals surface area contributed by atoms with Crippen molar-refractivity contribution in [2.75, 3.05) is 6.54 Å². The Morgan fingerprint density at radius 3 is 3.00 bits per heavy atom. The molecule has 100 valence electrons. The van der Waals surface area contributed by atoms with Crippen molar-refractivity contribution in [1.82, 2.24) is 9.97 Å². The fourth-order valence-electron chi connectivity index (χ4n) is 2.40. The molecule has 1 aromatic rings. The van der Waals surface area contributed by atoms with Gasteiger partial charge in [0.2, 0.25) is 5.92 Å². The van der Waals surface area contributed by atoms with Crippen molar-refractivity contribution >= 4 is 0 Å². The van der Waals surface area contributed by atoms with Crippen LogP contribution in [-0.4, -0.2) is 22.4 Å². The molecule has 1 heterocycles. The zero-order chi connectivity index (χ0) is 13.2. The number of aromatic nitrogens is 2. The van der Waals surface area contributed by atoms with E-state index in [0.29, 0.717) is 37.3 Å². The topological polar surface area (TPSA) is 71.8 Å². The van der Waals surface area contributed by atoms with Gasteiger partial charge in [-0.15, -0.1) is 0 Å². The average Bonchev–Trinajstić information content (AvgIpc) is 2.27. The summed E-state index contributed by atoms with van der Waals surface area (Å²) in [4.78, 5) is 18.3. The van der Waals surface area contributed by atoms with Gasteiger partial charge in [0.25, 0.3) is 5.56 Å². The van der Waals surface area contributed by atoms with Crippen molar-refractivity contribution in [1.29, 1.82) is 0 Å². The molecule has 0 saturated heterocycles. The minimum atomic E-state index is -2.65. The van der Waals surface area contributed by atoms with Crippen LogP contribution >= 0.6 is 0 Å². The van der Waals surface area contributed by atoms with Crippen LogP contribution < -0.4 is 11.3 Å². The molecule has 4 nitrogen and oxygen atoms in total. The Labute approximate surface area is 104 Å². The lowest BCUT2D eigenvalue weighted by Crippen LogP contribution is -2.27. The first-order chi connectivity index (χ1) is 8.50. The summed E-state index contributed by atoms with van der Waals surface area (Å²) in [7, 11) is 0. The van der Waals surface area contributed by atoms with Crippen LogP contribution in [0.5, 0.6) is 0 Å². The lowest BCUT2D eigenvalue weighted by atomic mass is 9.86. The molecule has 0 aliphatic heterocycles. The van der Waals surface area contributed by atoms with Crippen LogP contribution in [0, 0.1) is 0 Å². The predicted molar refractivity (Wildman–Crippen MR) is 63.8 cm³/mol. The molecule has 2 rings (SSSR count). The number of H-pyrrole nitrogens is 1. The third kappa shape index (κ3) is 3.13. The molecular weight excluding hydrogens is 240 g/mol. The van der Waals surface area contributed by atoms with Gasteiger partial charge >= 0.3 is 0 Å². The molecule has 0 radical (unpaired) electrons. The maximum Gasteiger partial charge on any atom is 0.251 e. The minimum absolute atomic E-state index is 0.0732. The van der Waals surface area contributed by atoms with Gasteiger partial charge in [-0.2, -0.15) is 0 Å². The first-order valence-corrected chi connectivity index (χ1v) is 6.18. The van der Waals surface area contributed by atoms with Crippen molar-refractivity contribution in [3.8, 4) is 0 Å². The predicted octanol–water partition coefficient (Wildman–Crippen LogP) is 1.56. The molecule has 1 atom stereocenters. The second kappa shape index (κ2) is 5.14. The third-order valence-corrected chi connectivity index (χ3v) is 3.24. The van der Waals surface area contributed by atoms with Gasteiger partial charge in [-0.25, -0.2) is 13.8 Å². The smallest absolute Gasteiger partial charge is 0.251 e. The summed E-state index contributed by atoms with van der Waals surface area (Å²) in [6.45, 7) is 0.386. The van der Waals surface area contributed by atoms with E-state index < -0.39 is 5.92 Å². The summed E-state index contributed by atoms with van der Waals surface area (Å²) in [6.07, 6.45) is 1.28. The second-order valence-corrected chi connectivity index (χ2v) is 4.81. The van der Waals surface area contributed by atoms with Gasteiger partial charge < -0.3 is 10.7 Å². The van der Waals surface area contributed by atoms with Crippen molar-refractivity contribution in [2.24, 2.45) is 5.73 Å². The molecule has 1 saturated carbocycles. The molecular formula is C12H17F2N3O. The molecule has 0 bridgehead atoms. The maximum absolute atomic E-state index is 13.3. The van der Waals surface area contributed by atoms with Crippen LogP contribution in [0.25, 0.3) is 0 Å². The maximum atomic E-state index is 13.3. The average molecular weight is 257 g/mol. The zero-order valence-electron chi connectivity index (χ0n) is 10.1. The van der Waals surface area contributed by atoms with Gasteiger partial charge in [0.05, 0.1) is 0 Å². The lowest BCUT2D eigenvalue weighted by molar-refractivity contribution is -0.0417. The Kier molecular flexibility index (Phi) is 3.75. The highest BCUT2D eigenvalue weighted by molar-refractivity contribution is 5.08. The fraction of sp³-hybridized carbons (Fsp3) is 0.667. The van der Waals surface area contributed by atoms with E-state index in [1.807, 2.05) is 0 Å². The van der Waals surface area contributed by atoms with Gasteiger partial charge in [0.1, 0.15) is 5.82 Å². The standard InChI is InChI=1S/C12H17F2N3O/c13-12(14)4-1-2-8(7-12)11-16-9(3-5-15)6-10(18)17-11/h6,8H,1-5,7,15H2,(H,16,17,18). The first-order valence-electron chi connectivity index (χ1n) is 6.18. The van der Waals surface area contributed by atoms with E-state index in [-0.39, 0.29) is 24.3 Å². The number of nitrogens with two attached hydrogens (primary N) is 1. The largest absolute Gasteiger partial charge is 0.330 e. The quantitative estimate of drug-likeness (QED) is 0.863. The highest BCUT2D eigenvalue weighted by atomic mass is 19.3. The van der Waals surface area contributed by atoms with E-state index in [2.05, 4.69) is 9.97 Å². The number of halogens is 2. The number of nitrogens with zero attached hydrogens (tertiary/aromatic N) is 1. The van der Waals surface area contributed by atoms with Gasteiger partial charge in [-0.1, -0.05) is 0 Å². The molecule has 0 amide bonds. The van der Waals surface area contributed by atoms with Crippen LogP contribution in [0.3, 0.4) is 0 Å². The molecule has 1 unspecified atom stereocenters. The Morgan fingerprint density at radius 2 is 2.33 bits per heavy atom. The minimum Gasteiger partial charge on any atom is -0.330 e. The Balaban J connectivity index is 2.24. The highest BCUT2D eigenvalue weighted by Crippen LogP contribution is 2.40. The van der Waals surface area contributed by atoms with Crippen molar-refractivity contribution in [2.45, 2.75) is 43.9 Å². The Hall–Kier alpha value is -1.30. The molecule has 1 fully saturated rings. The highest BCUT2D eigenvalue weighted by Gasteiger charge is 2.37. The number of hydrogen-bond acceptors (Lipinski definition) is 3.